The van der Waals surface area contributed by atoms with Crippen LogP contribution >= 0.6 is 0 Å². The molecule has 1 aromatic carbocycles. The lowest BCUT2D eigenvalue weighted by atomic mass is 10.1. The quantitative estimate of drug-likeness (QED) is 0.662. The Labute approximate surface area is 120 Å². The van der Waals surface area contributed by atoms with Gasteiger partial charge in [0.15, 0.2) is 0 Å². The molecule has 2 rings (SSSR count). The first-order valence-electron chi connectivity index (χ1n) is 6.09. The van der Waals surface area contributed by atoms with E-state index in [1.54, 1.807) is 6.07 Å². The van der Waals surface area contributed by atoms with Crippen LogP contribution in [0.2, 0.25) is 0 Å². The summed E-state index contributed by atoms with van der Waals surface area (Å²) in [7, 11) is 1.25. The lowest BCUT2D eigenvalue weighted by molar-refractivity contribution is -0.386. The van der Waals surface area contributed by atoms with Crippen LogP contribution in [0.25, 0.3) is 0 Å². The number of aryl methyl sites for hydroxylation is 2. The Hall–Kier alpha value is -2.90. The number of aromatic amines is 1. The number of benzene rings is 1. The van der Waals surface area contributed by atoms with Crippen LogP contribution in [0.4, 0.5) is 11.4 Å². The Kier molecular flexibility index (Phi) is 3.88. The normalized spacial score (nSPS) is 10.2. The summed E-state index contributed by atoms with van der Waals surface area (Å²) in [5, 5.41) is 19.6. The smallest absolute Gasteiger partial charge is 0.362 e. The minimum Gasteiger partial charge on any atom is -0.475 e. The van der Waals surface area contributed by atoms with Crippen molar-refractivity contribution < 1.29 is 14.5 Å². The first-order chi connectivity index (χ1) is 9.93. The average molecular weight is 290 g/mol. The molecule has 1 amide bonds. The molecule has 1 heterocycles. The zero-order valence-corrected chi connectivity index (χ0v) is 11.8. The van der Waals surface area contributed by atoms with Crippen molar-refractivity contribution in [2.45, 2.75) is 13.8 Å². The molecule has 2 N–H and O–H groups in total. The molecule has 21 heavy (non-hydrogen) atoms. The molecule has 0 spiro atoms. The number of carbonyl (C=O) groups excluding carboxylic acids is 1. The van der Waals surface area contributed by atoms with Crippen LogP contribution in [0.3, 0.4) is 0 Å². The summed E-state index contributed by atoms with van der Waals surface area (Å²) >= 11 is 0. The molecule has 110 valence electrons. The molecule has 2 aromatic rings. The van der Waals surface area contributed by atoms with Gasteiger partial charge in [-0.25, -0.2) is 0 Å². The van der Waals surface area contributed by atoms with Gasteiger partial charge >= 0.3 is 11.6 Å². The van der Waals surface area contributed by atoms with Crippen molar-refractivity contribution in [2.75, 3.05) is 12.4 Å². The van der Waals surface area contributed by atoms with Gasteiger partial charge in [-0.05, 0) is 31.0 Å². The predicted molar refractivity (Wildman–Crippen MR) is 75.7 cm³/mol. The van der Waals surface area contributed by atoms with E-state index in [9.17, 15) is 14.9 Å². The second-order valence-electron chi connectivity index (χ2n) is 4.49. The molecule has 0 aliphatic carbocycles. The summed E-state index contributed by atoms with van der Waals surface area (Å²) in [6, 6.07) is 5.55. The number of aromatic nitrogens is 2. The zero-order chi connectivity index (χ0) is 15.6. The third-order valence-corrected chi connectivity index (χ3v) is 2.95. The van der Waals surface area contributed by atoms with Gasteiger partial charge in [0.25, 0.3) is 5.91 Å². The average Bonchev–Trinajstić information content (AvgIpc) is 2.87. The van der Waals surface area contributed by atoms with Crippen molar-refractivity contribution in [3.8, 4) is 5.88 Å². The Morgan fingerprint density at radius 1 is 1.43 bits per heavy atom. The number of anilines is 1. The number of amides is 1. The summed E-state index contributed by atoms with van der Waals surface area (Å²) in [5.41, 5.74) is 1.66. The van der Waals surface area contributed by atoms with Crippen LogP contribution in [-0.4, -0.2) is 28.1 Å². The van der Waals surface area contributed by atoms with E-state index in [1.165, 1.54) is 7.11 Å². The standard InChI is InChI=1S/C13H14N4O4/c1-7-4-5-8(2)9(6-7)14-12(18)10-11(17(19)20)13(21-3)16-15-10/h4-6H,1-3H3,(H,14,18)(H,15,16). The molecular formula is C13H14N4O4. The highest BCUT2D eigenvalue weighted by Crippen LogP contribution is 2.28. The van der Waals surface area contributed by atoms with Crippen molar-refractivity contribution in [1.82, 2.24) is 10.2 Å². The number of hydrogen-bond acceptors (Lipinski definition) is 5. The number of rotatable bonds is 4. The van der Waals surface area contributed by atoms with Gasteiger partial charge in [-0.15, -0.1) is 5.10 Å². The molecule has 0 atom stereocenters. The second-order valence-corrected chi connectivity index (χ2v) is 4.49. The minimum absolute atomic E-state index is 0.230. The van der Waals surface area contributed by atoms with E-state index in [4.69, 9.17) is 4.74 Å². The van der Waals surface area contributed by atoms with Gasteiger partial charge in [0.1, 0.15) is 0 Å². The molecule has 0 bridgehead atoms. The van der Waals surface area contributed by atoms with E-state index < -0.39 is 16.5 Å². The van der Waals surface area contributed by atoms with Crippen molar-refractivity contribution in [3.05, 3.63) is 45.1 Å². The highest BCUT2D eigenvalue weighted by molar-refractivity contribution is 6.06. The minimum atomic E-state index is -0.708. The predicted octanol–water partition coefficient (Wildman–Crippen LogP) is 2.20. The summed E-state index contributed by atoms with van der Waals surface area (Å²) < 4.78 is 4.77. The number of hydrogen-bond donors (Lipinski definition) is 2. The van der Waals surface area contributed by atoms with E-state index in [0.717, 1.165) is 11.1 Å². The number of H-pyrrole nitrogens is 1. The van der Waals surface area contributed by atoms with Crippen LogP contribution < -0.4 is 10.1 Å². The van der Waals surface area contributed by atoms with Crippen LogP contribution in [0.5, 0.6) is 5.88 Å². The van der Waals surface area contributed by atoms with Gasteiger partial charge in [0.2, 0.25) is 5.69 Å². The summed E-state index contributed by atoms with van der Waals surface area (Å²) in [4.78, 5) is 22.5. The lowest BCUT2D eigenvalue weighted by Crippen LogP contribution is -2.15. The first kappa shape index (κ1) is 14.5. The van der Waals surface area contributed by atoms with Gasteiger partial charge in [0, 0.05) is 5.69 Å². The fourth-order valence-electron chi connectivity index (χ4n) is 1.84. The number of nitrogens with zero attached hydrogens (tertiary/aromatic N) is 2. The van der Waals surface area contributed by atoms with Gasteiger partial charge < -0.3 is 10.1 Å². The molecule has 8 nitrogen and oxygen atoms in total. The molecule has 0 aliphatic rings. The highest BCUT2D eigenvalue weighted by Gasteiger charge is 2.30. The maximum absolute atomic E-state index is 12.2. The Bertz CT molecular complexity index is 708. The number of nitro groups is 1. The van der Waals surface area contributed by atoms with Gasteiger partial charge in [-0.2, -0.15) is 0 Å². The zero-order valence-electron chi connectivity index (χ0n) is 11.8. The molecule has 0 aliphatic heterocycles. The van der Waals surface area contributed by atoms with Crippen LogP contribution in [0, 0.1) is 24.0 Å². The van der Waals surface area contributed by atoms with Crippen LogP contribution in [0.1, 0.15) is 21.6 Å². The third kappa shape index (κ3) is 2.83. The fourth-order valence-corrected chi connectivity index (χ4v) is 1.84. The first-order valence-corrected chi connectivity index (χ1v) is 6.09. The van der Waals surface area contributed by atoms with E-state index in [-0.39, 0.29) is 11.6 Å². The van der Waals surface area contributed by atoms with Gasteiger partial charge in [-0.3, -0.25) is 20.0 Å². The lowest BCUT2D eigenvalue weighted by Gasteiger charge is -2.08. The summed E-state index contributed by atoms with van der Waals surface area (Å²) in [5.74, 6) is -0.877. The third-order valence-electron chi connectivity index (χ3n) is 2.95. The van der Waals surface area contributed by atoms with Gasteiger partial charge in [-0.1, -0.05) is 12.1 Å². The summed E-state index contributed by atoms with van der Waals surface area (Å²) in [6.45, 7) is 3.72. The molecular weight excluding hydrogens is 276 g/mol. The molecule has 0 saturated carbocycles. The van der Waals surface area contributed by atoms with Crippen molar-refractivity contribution in [1.29, 1.82) is 0 Å². The van der Waals surface area contributed by atoms with Gasteiger partial charge in [0.05, 0.1) is 12.0 Å². The summed E-state index contributed by atoms with van der Waals surface area (Å²) in [6.07, 6.45) is 0. The Balaban J connectivity index is 2.35. The van der Waals surface area contributed by atoms with Crippen LogP contribution in [-0.2, 0) is 0 Å². The van der Waals surface area contributed by atoms with E-state index in [0.29, 0.717) is 5.69 Å². The molecule has 0 radical (unpaired) electrons. The monoisotopic (exact) mass is 290 g/mol. The van der Waals surface area contributed by atoms with Crippen molar-refractivity contribution in [3.63, 3.8) is 0 Å². The topological polar surface area (TPSA) is 110 Å². The number of ether oxygens (including phenoxy) is 1. The highest BCUT2D eigenvalue weighted by atomic mass is 16.6. The molecule has 1 aromatic heterocycles. The number of nitrogens with one attached hydrogen (secondary N) is 2. The Morgan fingerprint density at radius 2 is 2.14 bits per heavy atom. The molecule has 0 saturated heterocycles. The Morgan fingerprint density at radius 3 is 2.76 bits per heavy atom. The maximum Gasteiger partial charge on any atom is 0.362 e. The molecule has 0 unspecified atom stereocenters. The SMILES string of the molecule is COc1n[nH]c(C(=O)Nc2cc(C)ccc2C)c1[N+](=O)[O-]. The second kappa shape index (κ2) is 5.61. The maximum atomic E-state index is 12.2. The largest absolute Gasteiger partial charge is 0.475 e. The van der Waals surface area contributed by atoms with Crippen LogP contribution in [0.15, 0.2) is 18.2 Å². The van der Waals surface area contributed by atoms with E-state index >= 15 is 0 Å². The fraction of sp³-hybridized carbons (Fsp3) is 0.231. The number of carbonyl (C=O) groups is 1. The molecule has 0 fully saturated rings. The number of methoxy groups -OCH3 is 1. The molecule has 8 heteroatoms. The van der Waals surface area contributed by atoms with Crippen molar-refractivity contribution >= 4 is 17.3 Å². The van der Waals surface area contributed by atoms with Crippen molar-refractivity contribution in [2.24, 2.45) is 0 Å². The van der Waals surface area contributed by atoms with E-state index in [1.807, 2.05) is 26.0 Å². The van der Waals surface area contributed by atoms with E-state index in [2.05, 4.69) is 15.5 Å².